The monoisotopic (exact) mass is 270 g/mol. The van der Waals surface area contributed by atoms with Crippen LogP contribution < -0.4 is 0 Å². The van der Waals surface area contributed by atoms with Crippen LogP contribution in [0, 0.1) is 0 Å². The van der Waals surface area contributed by atoms with E-state index in [1.165, 1.54) is 11.8 Å². The number of nitrogens with zero attached hydrogens (tertiary/aromatic N) is 2. The van der Waals surface area contributed by atoms with Gasteiger partial charge in [-0.25, -0.2) is 8.42 Å². The molecule has 1 heterocycles. The zero-order valence-corrected chi connectivity index (χ0v) is 10.3. The molecule has 1 aliphatic rings. The van der Waals surface area contributed by atoms with Crippen LogP contribution in [0.4, 0.5) is 8.78 Å². The molecule has 0 fully saturated rings. The van der Waals surface area contributed by atoms with Crippen LogP contribution in [-0.2, 0) is 10.0 Å². The summed E-state index contributed by atoms with van der Waals surface area (Å²) in [4.78, 5) is 0. The Balaban J connectivity index is 2.59. The molecule has 1 rings (SSSR count). The molecule has 0 aromatic heterocycles. The molecule has 0 saturated heterocycles. The van der Waals surface area contributed by atoms with E-state index in [4.69, 9.17) is 0 Å². The molecule has 0 radical (unpaired) electrons. The van der Waals surface area contributed by atoms with Gasteiger partial charge in [-0.15, -0.1) is 0 Å². The third kappa shape index (κ3) is 3.75. The zero-order valence-electron chi connectivity index (χ0n) is 8.69. The van der Waals surface area contributed by atoms with Crippen molar-refractivity contribution in [3.63, 3.8) is 0 Å². The van der Waals surface area contributed by atoms with Gasteiger partial charge in [0.1, 0.15) is 5.88 Å². The molecule has 0 bridgehead atoms. The first-order valence-electron chi connectivity index (χ1n) is 4.67. The van der Waals surface area contributed by atoms with Gasteiger partial charge >= 0.3 is 0 Å². The molecule has 0 unspecified atom stereocenters. The molecular formula is C8H12F2N2O2S2. The van der Waals surface area contributed by atoms with E-state index in [0.29, 0.717) is 12.5 Å². The van der Waals surface area contributed by atoms with Crippen molar-refractivity contribution in [2.75, 3.05) is 11.6 Å². The first-order chi connectivity index (χ1) is 7.45. The lowest BCUT2D eigenvalue weighted by atomic mass is 10.5. The maximum absolute atomic E-state index is 11.7. The molecule has 16 heavy (non-hydrogen) atoms. The normalized spacial score (nSPS) is 16.2. The Labute approximate surface area is 97.4 Å². The maximum Gasteiger partial charge on any atom is 0.266 e. The molecule has 0 aromatic carbocycles. The number of hydrogen-bond donors (Lipinski definition) is 0. The van der Waals surface area contributed by atoms with E-state index in [1.54, 1.807) is 0 Å². The zero-order chi connectivity index (χ0) is 12.2. The van der Waals surface area contributed by atoms with Crippen LogP contribution in [0.15, 0.2) is 17.3 Å². The number of rotatable bonds is 5. The summed E-state index contributed by atoms with van der Waals surface area (Å²) in [7, 11) is -3.55. The summed E-state index contributed by atoms with van der Waals surface area (Å²) in [5, 5.41) is 4.64. The SMILES string of the molecule is CCC1=NN(S(=O)(=O)CCC=C(F)F)CS1. The number of sulfonamides is 1. The smallest absolute Gasteiger partial charge is 0.205 e. The average molecular weight is 270 g/mol. The summed E-state index contributed by atoms with van der Waals surface area (Å²) >= 11 is 1.35. The minimum absolute atomic E-state index is 0.192. The summed E-state index contributed by atoms with van der Waals surface area (Å²) in [6.45, 7) is 1.88. The lowest BCUT2D eigenvalue weighted by Crippen LogP contribution is -2.25. The summed E-state index contributed by atoms with van der Waals surface area (Å²) < 4.78 is 47.6. The number of thioether (sulfide) groups is 1. The molecule has 0 amide bonds. The van der Waals surface area contributed by atoms with Gasteiger partial charge in [0.05, 0.1) is 10.8 Å². The highest BCUT2D eigenvalue weighted by molar-refractivity contribution is 8.14. The Hall–Kier alpha value is -0.630. The standard InChI is InChI=1S/C8H12F2N2O2S2/c1-2-8-11-12(6-15-8)16(13,14)5-3-4-7(9)10/h4H,2-3,5-6H2,1H3. The molecule has 0 aromatic rings. The Morgan fingerprint density at radius 1 is 1.62 bits per heavy atom. The van der Waals surface area contributed by atoms with Gasteiger partial charge in [0, 0.05) is 0 Å². The van der Waals surface area contributed by atoms with Crippen LogP contribution in [0.1, 0.15) is 19.8 Å². The van der Waals surface area contributed by atoms with Gasteiger partial charge in [0.2, 0.25) is 0 Å². The third-order valence-corrected chi connectivity index (χ3v) is 4.71. The van der Waals surface area contributed by atoms with Gasteiger partial charge in [-0.1, -0.05) is 18.7 Å². The molecule has 0 N–H and O–H groups in total. The second-order valence-electron chi connectivity index (χ2n) is 3.04. The quantitative estimate of drug-likeness (QED) is 0.769. The molecule has 92 valence electrons. The third-order valence-electron chi connectivity index (χ3n) is 1.86. The van der Waals surface area contributed by atoms with Crippen molar-refractivity contribution in [3.05, 3.63) is 12.2 Å². The van der Waals surface area contributed by atoms with E-state index in [9.17, 15) is 17.2 Å². The van der Waals surface area contributed by atoms with Crippen molar-refractivity contribution in [2.45, 2.75) is 19.8 Å². The van der Waals surface area contributed by atoms with E-state index < -0.39 is 16.1 Å². The second-order valence-corrected chi connectivity index (χ2v) is 6.05. The van der Waals surface area contributed by atoms with Crippen molar-refractivity contribution in [2.24, 2.45) is 5.10 Å². The van der Waals surface area contributed by atoms with E-state index in [1.807, 2.05) is 6.92 Å². The first-order valence-corrected chi connectivity index (χ1v) is 7.27. The van der Waals surface area contributed by atoms with Crippen molar-refractivity contribution in [1.82, 2.24) is 4.41 Å². The fourth-order valence-corrected chi connectivity index (χ4v) is 3.43. The van der Waals surface area contributed by atoms with Crippen LogP contribution >= 0.6 is 11.8 Å². The summed E-state index contributed by atoms with van der Waals surface area (Å²) in [5.74, 6) is -0.0985. The highest BCUT2D eigenvalue weighted by atomic mass is 32.2. The summed E-state index contributed by atoms with van der Waals surface area (Å²) in [6.07, 6.45) is -0.771. The number of allylic oxidation sites excluding steroid dienone is 1. The van der Waals surface area contributed by atoms with E-state index in [0.717, 1.165) is 9.46 Å². The molecule has 4 nitrogen and oxygen atoms in total. The predicted octanol–water partition coefficient (Wildman–Crippen LogP) is 2.22. The molecule has 8 heteroatoms. The molecule has 0 atom stereocenters. The predicted molar refractivity (Wildman–Crippen MR) is 60.7 cm³/mol. The molecule has 1 aliphatic heterocycles. The number of hydrogen-bond acceptors (Lipinski definition) is 4. The van der Waals surface area contributed by atoms with Crippen LogP contribution in [0.3, 0.4) is 0 Å². The minimum atomic E-state index is -3.55. The van der Waals surface area contributed by atoms with Crippen molar-refractivity contribution < 1.29 is 17.2 Å². The van der Waals surface area contributed by atoms with Crippen molar-refractivity contribution >= 4 is 26.8 Å². The lowest BCUT2D eigenvalue weighted by molar-refractivity contribution is 0.418. The van der Waals surface area contributed by atoms with E-state index >= 15 is 0 Å². The summed E-state index contributed by atoms with van der Waals surface area (Å²) in [6, 6.07) is 0. The maximum atomic E-state index is 11.7. The molecule has 0 saturated carbocycles. The summed E-state index contributed by atoms with van der Waals surface area (Å²) in [5.41, 5.74) is 0. The van der Waals surface area contributed by atoms with Crippen molar-refractivity contribution in [1.29, 1.82) is 0 Å². The number of halogens is 2. The van der Waals surface area contributed by atoms with Gasteiger partial charge < -0.3 is 0 Å². The number of hydrazone groups is 1. The topological polar surface area (TPSA) is 49.7 Å². The Kier molecular flexibility index (Phi) is 4.72. The minimum Gasteiger partial charge on any atom is -0.205 e. The van der Waals surface area contributed by atoms with Gasteiger partial charge in [-0.05, 0) is 18.9 Å². The molecule has 0 aliphatic carbocycles. The van der Waals surface area contributed by atoms with E-state index in [-0.39, 0.29) is 18.1 Å². The largest absolute Gasteiger partial charge is 0.266 e. The fraction of sp³-hybridized carbons (Fsp3) is 0.625. The molecular weight excluding hydrogens is 258 g/mol. The van der Waals surface area contributed by atoms with Gasteiger partial charge in [-0.2, -0.15) is 18.3 Å². The Morgan fingerprint density at radius 2 is 2.31 bits per heavy atom. The lowest BCUT2D eigenvalue weighted by Gasteiger charge is -2.12. The highest BCUT2D eigenvalue weighted by Crippen LogP contribution is 2.22. The van der Waals surface area contributed by atoms with Crippen LogP contribution in [0.5, 0.6) is 0 Å². The van der Waals surface area contributed by atoms with Gasteiger partial charge in [0.15, 0.2) is 0 Å². The van der Waals surface area contributed by atoms with Crippen LogP contribution in [0.25, 0.3) is 0 Å². The highest BCUT2D eigenvalue weighted by Gasteiger charge is 2.25. The van der Waals surface area contributed by atoms with Gasteiger partial charge in [-0.3, -0.25) is 0 Å². The average Bonchev–Trinajstić information content (AvgIpc) is 2.65. The van der Waals surface area contributed by atoms with Crippen molar-refractivity contribution in [3.8, 4) is 0 Å². The van der Waals surface area contributed by atoms with Crippen LogP contribution in [0.2, 0.25) is 0 Å². The fourth-order valence-electron chi connectivity index (χ4n) is 1.05. The van der Waals surface area contributed by atoms with Gasteiger partial charge in [0.25, 0.3) is 16.1 Å². The Morgan fingerprint density at radius 3 is 2.81 bits per heavy atom. The van der Waals surface area contributed by atoms with Crippen LogP contribution in [-0.4, -0.2) is 29.5 Å². The van der Waals surface area contributed by atoms with E-state index in [2.05, 4.69) is 5.10 Å². The first kappa shape index (κ1) is 13.4. The Bertz CT molecular complexity index is 402. The second kappa shape index (κ2) is 5.62. The molecule has 0 spiro atoms.